The van der Waals surface area contributed by atoms with Crippen LogP contribution in [0.4, 0.5) is 8.78 Å². The molecule has 11 heteroatoms. The number of piperidine rings is 1. The van der Waals surface area contributed by atoms with Crippen molar-refractivity contribution >= 4 is 11.9 Å². The maximum Gasteiger partial charge on any atom is 0.352 e. The number of rotatable bonds is 6. The van der Waals surface area contributed by atoms with Crippen molar-refractivity contribution in [3.8, 4) is 5.69 Å². The first-order chi connectivity index (χ1) is 17.3. The Hall–Kier alpha value is -4.15. The highest BCUT2D eigenvalue weighted by molar-refractivity contribution is 5.92. The van der Waals surface area contributed by atoms with E-state index in [1.165, 1.54) is 47.4 Å². The predicted molar refractivity (Wildman–Crippen MR) is 125 cm³/mol. The molecular formula is C25H24F2N4O5. The van der Waals surface area contributed by atoms with Gasteiger partial charge < -0.3 is 9.64 Å². The van der Waals surface area contributed by atoms with E-state index in [1.54, 1.807) is 6.92 Å². The Labute approximate surface area is 204 Å². The minimum absolute atomic E-state index is 0.0234. The number of para-hydroxylation sites is 1. The van der Waals surface area contributed by atoms with Crippen LogP contribution in [0.1, 0.15) is 35.8 Å². The molecule has 1 saturated heterocycles. The quantitative estimate of drug-likeness (QED) is 0.483. The summed E-state index contributed by atoms with van der Waals surface area (Å²) < 4.78 is 34.4. The molecule has 1 fully saturated rings. The lowest BCUT2D eigenvalue weighted by atomic mass is 9.98. The maximum absolute atomic E-state index is 14.6. The van der Waals surface area contributed by atoms with Gasteiger partial charge in [-0.15, -0.1) is 0 Å². The van der Waals surface area contributed by atoms with Crippen molar-refractivity contribution in [1.29, 1.82) is 0 Å². The lowest BCUT2D eigenvalue weighted by Gasteiger charge is -2.31. The molecular weight excluding hydrogens is 474 g/mol. The third-order valence-electron chi connectivity index (χ3n) is 5.93. The molecule has 36 heavy (non-hydrogen) atoms. The zero-order valence-electron chi connectivity index (χ0n) is 19.5. The van der Waals surface area contributed by atoms with Crippen LogP contribution in [0.15, 0.2) is 58.1 Å². The Bertz CT molecular complexity index is 1400. The second-order valence-corrected chi connectivity index (χ2v) is 8.35. The van der Waals surface area contributed by atoms with Gasteiger partial charge in [0.15, 0.2) is 0 Å². The number of benzene rings is 2. The van der Waals surface area contributed by atoms with E-state index in [0.29, 0.717) is 23.1 Å². The SMILES string of the molecule is CCOC(=O)[C@@H]1CCCN(C(=O)c2nn(-c3ccccc3F)c(=O)n(Cc3ccc(F)cc3)c2=O)C1. The third kappa shape index (κ3) is 5.09. The van der Waals surface area contributed by atoms with Gasteiger partial charge in [0.2, 0.25) is 5.69 Å². The Morgan fingerprint density at radius 1 is 1.08 bits per heavy atom. The van der Waals surface area contributed by atoms with Crippen LogP contribution < -0.4 is 11.2 Å². The maximum atomic E-state index is 14.6. The molecule has 0 aliphatic carbocycles. The van der Waals surface area contributed by atoms with E-state index in [1.807, 2.05) is 0 Å². The predicted octanol–water partition coefficient (Wildman–Crippen LogP) is 2.14. The summed E-state index contributed by atoms with van der Waals surface area (Å²) in [6, 6.07) is 10.5. The largest absolute Gasteiger partial charge is 0.466 e. The normalized spacial score (nSPS) is 15.5. The topological polar surface area (TPSA) is 104 Å². The molecule has 9 nitrogen and oxygen atoms in total. The molecule has 1 amide bonds. The molecule has 188 valence electrons. The third-order valence-corrected chi connectivity index (χ3v) is 5.93. The first kappa shape index (κ1) is 25.0. The summed E-state index contributed by atoms with van der Waals surface area (Å²) in [5, 5.41) is 3.96. The number of halogens is 2. The summed E-state index contributed by atoms with van der Waals surface area (Å²) in [5.41, 5.74) is -2.35. The van der Waals surface area contributed by atoms with E-state index in [4.69, 9.17) is 4.74 Å². The van der Waals surface area contributed by atoms with E-state index in [-0.39, 0.29) is 31.9 Å². The second-order valence-electron chi connectivity index (χ2n) is 8.35. The van der Waals surface area contributed by atoms with E-state index in [2.05, 4.69) is 5.10 Å². The number of aromatic nitrogens is 3. The molecule has 1 aliphatic heterocycles. The van der Waals surface area contributed by atoms with Crippen molar-refractivity contribution in [2.24, 2.45) is 5.92 Å². The molecule has 2 aromatic carbocycles. The number of nitrogens with zero attached hydrogens (tertiary/aromatic N) is 4. The first-order valence-corrected chi connectivity index (χ1v) is 11.5. The van der Waals surface area contributed by atoms with E-state index in [0.717, 1.165) is 10.6 Å². The zero-order chi connectivity index (χ0) is 25.8. The summed E-state index contributed by atoms with van der Waals surface area (Å²) in [4.78, 5) is 53.5. The molecule has 0 spiro atoms. The number of hydrogen-bond donors (Lipinski definition) is 0. The minimum atomic E-state index is -0.972. The van der Waals surface area contributed by atoms with Crippen molar-refractivity contribution in [2.75, 3.05) is 19.7 Å². The van der Waals surface area contributed by atoms with Gasteiger partial charge >= 0.3 is 11.7 Å². The molecule has 1 aromatic heterocycles. The summed E-state index contributed by atoms with van der Waals surface area (Å²) in [6.07, 6.45) is 1.03. The fraction of sp³-hybridized carbons (Fsp3) is 0.320. The summed E-state index contributed by atoms with van der Waals surface area (Å²) in [5.74, 6) is -3.05. The molecule has 0 N–H and O–H groups in total. The molecule has 0 radical (unpaired) electrons. The molecule has 4 rings (SSSR count). The highest BCUT2D eigenvalue weighted by atomic mass is 19.1. The average Bonchev–Trinajstić information content (AvgIpc) is 2.88. The molecule has 2 heterocycles. The molecule has 0 unspecified atom stereocenters. The van der Waals surface area contributed by atoms with Crippen molar-refractivity contribution < 1.29 is 23.1 Å². The van der Waals surface area contributed by atoms with Crippen LogP contribution in [0.5, 0.6) is 0 Å². The van der Waals surface area contributed by atoms with E-state index >= 15 is 0 Å². The Kier molecular flexibility index (Phi) is 7.37. The minimum Gasteiger partial charge on any atom is -0.466 e. The fourth-order valence-electron chi connectivity index (χ4n) is 4.10. The van der Waals surface area contributed by atoms with Gasteiger partial charge in [-0.05, 0) is 49.6 Å². The van der Waals surface area contributed by atoms with Crippen molar-refractivity contribution in [3.63, 3.8) is 0 Å². The van der Waals surface area contributed by atoms with Gasteiger partial charge in [-0.3, -0.25) is 19.0 Å². The summed E-state index contributed by atoms with van der Waals surface area (Å²) in [6.45, 7) is 1.89. The molecule has 3 aromatic rings. The van der Waals surface area contributed by atoms with E-state index < -0.39 is 46.4 Å². The molecule has 0 bridgehead atoms. The fourth-order valence-corrected chi connectivity index (χ4v) is 4.10. The number of carbonyl (C=O) groups is 2. The smallest absolute Gasteiger partial charge is 0.352 e. The Balaban J connectivity index is 1.79. The van der Waals surface area contributed by atoms with Gasteiger partial charge in [0.25, 0.3) is 11.5 Å². The van der Waals surface area contributed by atoms with Crippen molar-refractivity contribution in [2.45, 2.75) is 26.3 Å². The summed E-state index contributed by atoms with van der Waals surface area (Å²) in [7, 11) is 0. The Morgan fingerprint density at radius 3 is 2.50 bits per heavy atom. The van der Waals surface area contributed by atoms with Crippen LogP contribution in [0.2, 0.25) is 0 Å². The van der Waals surface area contributed by atoms with Crippen LogP contribution in [0, 0.1) is 17.6 Å². The van der Waals surface area contributed by atoms with Gasteiger partial charge in [-0.2, -0.15) is 9.78 Å². The van der Waals surface area contributed by atoms with Crippen LogP contribution in [0.3, 0.4) is 0 Å². The highest BCUT2D eigenvalue weighted by Gasteiger charge is 2.32. The van der Waals surface area contributed by atoms with Gasteiger partial charge in [-0.1, -0.05) is 24.3 Å². The average molecular weight is 498 g/mol. The van der Waals surface area contributed by atoms with Crippen molar-refractivity contribution in [3.05, 3.63) is 92.3 Å². The van der Waals surface area contributed by atoms with Gasteiger partial charge in [0.1, 0.15) is 17.3 Å². The number of ether oxygens (including phenoxy) is 1. The Morgan fingerprint density at radius 2 is 1.81 bits per heavy atom. The van der Waals surface area contributed by atoms with Crippen LogP contribution in [-0.4, -0.2) is 50.8 Å². The number of esters is 1. The van der Waals surface area contributed by atoms with Gasteiger partial charge in [-0.25, -0.2) is 13.6 Å². The molecule has 0 saturated carbocycles. The number of likely N-dealkylation sites (tertiary alicyclic amines) is 1. The van der Waals surface area contributed by atoms with Crippen LogP contribution in [0.25, 0.3) is 5.69 Å². The standard InChI is InChI=1S/C25H24F2N4O5/c1-2-36-24(34)17-6-5-13-29(15-17)22(32)21-23(33)30(14-16-9-11-18(26)12-10-16)25(35)31(28-21)20-8-4-3-7-19(20)27/h3-4,7-12,17H,2,5-6,13-15H2,1H3/t17-/m1/s1. The lowest BCUT2D eigenvalue weighted by Crippen LogP contribution is -2.49. The van der Waals surface area contributed by atoms with Gasteiger partial charge in [0.05, 0.1) is 19.1 Å². The van der Waals surface area contributed by atoms with Crippen LogP contribution in [-0.2, 0) is 16.1 Å². The zero-order valence-corrected chi connectivity index (χ0v) is 19.5. The highest BCUT2D eigenvalue weighted by Crippen LogP contribution is 2.19. The number of amides is 1. The molecule has 1 aliphatic rings. The van der Waals surface area contributed by atoms with Crippen LogP contribution >= 0.6 is 0 Å². The monoisotopic (exact) mass is 498 g/mol. The summed E-state index contributed by atoms with van der Waals surface area (Å²) >= 11 is 0. The second kappa shape index (κ2) is 10.6. The molecule has 1 atom stereocenters. The van der Waals surface area contributed by atoms with E-state index in [9.17, 15) is 28.0 Å². The number of hydrogen-bond acceptors (Lipinski definition) is 6. The van der Waals surface area contributed by atoms with Crippen molar-refractivity contribution in [1.82, 2.24) is 19.2 Å². The first-order valence-electron chi connectivity index (χ1n) is 11.5. The van der Waals surface area contributed by atoms with Gasteiger partial charge in [0, 0.05) is 13.1 Å². The number of carbonyl (C=O) groups excluding carboxylic acids is 2. The lowest BCUT2D eigenvalue weighted by molar-refractivity contribution is -0.149.